The number of hydrogen-bond acceptors (Lipinski definition) is 3. The van der Waals surface area contributed by atoms with Gasteiger partial charge in [0.05, 0.1) is 11.3 Å². The number of carboxylic acids is 1. The minimum atomic E-state index is -0.773. The fourth-order valence-electron chi connectivity index (χ4n) is 3.44. The van der Waals surface area contributed by atoms with Gasteiger partial charge in [0, 0.05) is 25.6 Å². The Hall–Kier alpha value is -1.10. The molecule has 0 bridgehead atoms. The number of rotatable bonds is 4. The van der Waals surface area contributed by atoms with E-state index in [-0.39, 0.29) is 23.2 Å². The number of nitrogens with two attached hydrogens (primary N) is 1. The molecular formula is C15H26N2O3. The number of aliphatic carboxylic acids is 1. The number of carbonyl (C=O) groups is 2. The van der Waals surface area contributed by atoms with Crippen LogP contribution in [-0.4, -0.2) is 41.5 Å². The lowest BCUT2D eigenvalue weighted by Crippen LogP contribution is -2.59. The fraction of sp³-hybridized carbons (Fsp3) is 0.867. The lowest BCUT2D eigenvalue weighted by molar-refractivity contribution is -0.156. The second-order valence-corrected chi connectivity index (χ2v) is 6.50. The van der Waals surface area contributed by atoms with Crippen LogP contribution in [-0.2, 0) is 9.59 Å². The summed E-state index contributed by atoms with van der Waals surface area (Å²) >= 11 is 0. The Morgan fingerprint density at radius 1 is 1.25 bits per heavy atom. The normalized spacial score (nSPS) is 24.6. The Balaban J connectivity index is 1.96. The Bertz CT molecular complexity index is 369. The van der Waals surface area contributed by atoms with Crippen molar-refractivity contribution in [1.82, 2.24) is 4.90 Å². The predicted molar refractivity (Wildman–Crippen MR) is 76.1 cm³/mol. The molecule has 2 rings (SSSR count). The summed E-state index contributed by atoms with van der Waals surface area (Å²) in [6.07, 6.45) is 6.30. The molecule has 1 aliphatic heterocycles. The van der Waals surface area contributed by atoms with E-state index in [1.165, 1.54) is 12.8 Å². The van der Waals surface area contributed by atoms with E-state index in [0.29, 0.717) is 19.6 Å². The van der Waals surface area contributed by atoms with Gasteiger partial charge in [-0.25, -0.2) is 0 Å². The predicted octanol–water partition coefficient (Wildman–Crippen LogP) is 1.46. The molecule has 1 aliphatic carbocycles. The van der Waals surface area contributed by atoms with E-state index in [1.807, 2.05) is 4.90 Å². The summed E-state index contributed by atoms with van der Waals surface area (Å²) in [5.74, 6) is -0.889. The SMILES string of the molecule is CC(C(=O)O)C1CN(C(=O)C2(CN)CCCCCC2)C1. The van der Waals surface area contributed by atoms with Crippen LogP contribution in [0.5, 0.6) is 0 Å². The quantitative estimate of drug-likeness (QED) is 0.765. The molecule has 1 heterocycles. The van der Waals surface area contributed by atoms with Crippen molar-refractivity contribution >= 4 is 11.9 Å². The van der Waals surface area contributed by atoms with Crippen LogP contribution in [0.15, 0.2) is 0 Å². The van der Waals surface area contributed by atoms with Crippen LogP contribution in [0.25, 0.3) is 0 Å². The maximum atomic E-state index is 12.7. The van der Waals surface area contributed by atoms with Crippen molar-refractivity contribution in [3.8, 4) is 0 Å². The lowest BCUT2D eigenvalue weighted by Gasteiger charge is -2.46. The highest BCUT2D eigenvalue weighted by Crippen LogP contribution is 2.38. The zero-order valence-corrected chi connectivity index (χ0v) is 12.3. The Labute approximate surface area is 120 Å². The van der Waals surface area contributed by atoms with E-state index in [9.17, 15) is 9.59 Å². The van der Waals surface area contributed by atoms with E-state index in [0.717, 1.165) is 25.7 Å². The summed E-state index contributed by atoms with van der Waals surface area (Å²) in [5.41, 5.74) is 5.55. The van der Waals surface area contributed by atoms with E-state index in [1.54, 1.807) is 6.92 Å². The minimum absolute atomic E-state index is 0.0945. The van der Waals surface area contributed by atoms with Gasteiger partial charge in [-0.05, 0) is 12.8 Å². The first-order valence-electron chi connectivity index (χ1n) is 7.72. The first-order chi connectivity index (χ1) is 9.50. The van der Waals surface area contributed by atoms with Gasteiger partial charge in [0.25, 0.3) is 0 Å². The van der Waals surface area contributed by atoms with Crippen LogP contribution in [0, 0.1) is 17.3 Å². The Morgan fingerprint density at radius 2 is 1.80 bits per heavy atom. The Morgan fingerprint density at radius 3 is 2.25 bits per heavy atom. The zero-order chi connectivity index (χ0) is 14.8. The van der Waals surface area contributed by atoms with Crippen molar-refractivity contribution < 1.29 is 14.7 Å². The standard InChI is InChI=1S/C15H26N2O3/c1-11(13(18)19)12-8-17(9-12)14(20)15(10-16)6-4-2-3-5-7-15/h11-12H,2-10,16H2,1H3,(H,18,19). The number of nitrogens with zero attached hydrogens (tertiary/aromatic N) is 1. The van der Waals surface area contributed by atoms with Crippen LogP contribution in [0.1, 0.15) is 45.4 Å². The van der Waals surface area contributed by atoms with E-state index in [2.05, 4.69) is 0 Å². The molecule has 5 heteroatoms. The molecular weight excluding hydrogens is 256 g/mol. The summed E-state index contributed by atoms with van der Waals surface area (Å²) in [7, 11) is 0. The Kier molecular flexibility index (Phi) is 4.68. The van der Waals surface area contributed by atoms with Crippen LogP contribution >= 0.6 is 0 Å². The van der Waals surface area contributed by atoms with Crippen LogP contribution in [0.2, 0.25) is 0 Å². The van der Waals surface area contributed by atoms with Gasteiger partial charge in [0.2, 0.25) is 5.91 Å². The van der Waals surface area contributed by atoms with Crippen molar-refractivity contribution in [2.45, 2.75) is 45.4 Å². The number of likely N-dealkylation sites (tertiary alicyclic amines) is 1. The summed E-state index contributed by atoms with van der Waals surface area (Å²) < 4.78 is 0. The number of hydrogen-bond donors (Lipinski definition) is 2. The van der Waals surface area contributed by atoms with Crippen molar-refractivity contribution in [3.05, 3.63) is 0 Å². The molecule has 1 amide bonds. The van der Waals surface area contributed by atoms with Gasteiger partial charge in [0.15, 0.2) is 0 Å². The summed E-state index contributed by atoms with van der Waals surface area (Å²) in [5, 5.41) is 9.00. The highest BCUT2D eigenvalue weighted by Gasteiger charge is 2.45. The van der Waals surface area contributed by atoms with Crippen molar-refractivity contribution in [2.24, 2.45) is 23.0 Å². The summed E-state index contributed by atoms with van der Waals surface area (Å²) in [6.45, 7) is 3.29. The molecule has 3 N–H and O–H groups in total. The molecule has 20 heavy (non-hydrogen) atoms. The van der Waals surface area contributed by atoms with Gasteiger partial charge in [-0.1, -0.05) is 32.6 Å². The molecule has 5 nitrogen and oxygen atoms in total. The van der Waals surface area contributed by atoms with E-state index < -0.39 is 5.97 Å². The van der Waals surface area contributed by atoms with E-state index >= 15 is 0 Å². The molecule has 114 valence electrons. The number of carboxylic acid groups (broad SMARTS) is 1. The molecule has 1 unspecified atom stereocenters. The van der Waals surface area contributed by atoms with E-state index in [4.69, 9.17) is 10.8 Å². The monoisotopic (exact) mass is 282 g/mol. The largest absolute Gasteiger partial charge is 0.481 e. The van der Waals surface area contributed by atoms with Gasteiger partial charge >= 0.3 is 5.97 Å². The maximum absolute atomic E-state index is 12.7. The highest BCUT2D eigenvalue weighted by atomic mass is 16.4. The van der Waals surface area contributed by atoms with Crippen LogP contribution < -0.4 is 5.73 Å². The molecule has 2 aliphatic rings. The van der Waals surface area contributed by atoms with Crippen molar-refractivity contribution in [2.75, 3.05) is 19.6 Å². The zero-order valence-electron chi connectivity index (χ0n) is 12.3. The van der Waals surface area contributed by atoms with Crippen LogP contribution in [0.4, 0.5) is 0 Å². The minimum Gasteiger partial charge on any atom is -0.481 e. The van der Waals surface area contributed by atoms with Gasteiger partial charge in [-0.2, -0.15) is 0 Å². The molecule has 1 saturated carbocycles. The number of amides is 1. The molecule has 2 fully saturated rings. The fourth-order valence-corrected chi connectivity index (χ4v) is 3.44. The summed E-state index contributed by atoms with van der Waals surface area (Å²) in [6, 6.07) is 0. The van der Waals surface area contributed by atoms with Gasteiger partial charge in [-0.3, -0.25) is 9.59 Å². The first-order valence-corrected chi connectivity index (χ1v) is 7.72. The molecule has 0 spiro atoms. The molecule has 1 saturated heterocycles. The topological polar surface area (TPSA) is 83.6 Å². The average Bonchev–Trinajstić information content (AvgIpc) is 2.62. The maximum Gasteiger partial charge on any atom is 0.306 e. The molecule has 0 aromatic rings. The second kappa shape index (κ2) is 6.12. The molecule has 0 radical (unpaired) electrons. The first kappa shape index (κ1) is 15.3. The molecule has 0 aromatic heterocycles. The smallest absolute Gasteiger partial charge is 0.306 e. The third-order valence-corrected chi connectivity index (χ3v) is 5.20. The van der Waals surface area contributed by atoms with Crippen molar-refractivity contribution in [3.63, 3.8) is 0 Å². The third kappa shape index (κ3) is 2.82. The third-order valence-electron chi connectivity index (χ3n) is 5.20. The van der Waals surface area contributed by atoms with Gasteiger partial charge in [0.1, 0.15) is 0 Å². The average molecular weight is 282 g/mol. The van der Waals surface area contributed by atoms with Crippen molar-refractivity contribution in [1.29, 1.82) is 0 Å². The lowest BCUT2D eigenvalue weighted by atomic mass is 9.76. The number of carbonyl (C=O) groups excluding carboxylic acids is 1. The van der Waals surface area contributed by atoms with Gasteiger partial charge < -0.3 is 15.7 Å². The molecule has 0 aromatic carbocycles. The second-order valence-electron chi connectivity index (χ2n) is 6.50. The van der Waals surface area contributed by atoms with Crippen LogP contribution in [0.3, 0.4) is 0 Å². The highest BCUT2D eigenvalue weighted by molar-refractivity contribution is 5.84. The molecule has 1 atom stereocenters. The summed E-state index contributed by atoms with van der Waals surface area (Å²) in [4.78, 5) is 25.5. The van der Waals surface area contributed by atoms with Gasteiger partial charge in [-0.15, -0.1) is 0 Å².